The van der Waals surface area contributed by atoms with E-state index in [0.717, 1.165) is 24.3 Å². The molecular formula is C16H15F3N2O4S2. The van der Waals surface area contributed by atoms with Crippen LogP contribution in [0, 0.1) is 6.92 Å². The Morgan fingerprint density at radius 3 is 2.30 bits per heavy atom. The molecule has 0 saturated heterocycles. The molecule has 11 heteroatoms. The summed E-state index contributed by atoms with van der Waals surface area (Å²) in [4.78, 5) is -0.418. The Bertz CT molecular complexity index is 1090. The third-order valence-electron chi connectivity index (χ3n) is 3.35. The van der Waals surface area contributed by atoms with Gasteiger partial charge in [0.1, 0.15) is 4.90 Å². The number of nitrogens with one attached hydrogen (secondary N) is 1. The molecule has 0 unspecified atom stereocenters. The lowest BCUT2D eigenvalue weighted by Crippen LogP contribution is -2.17. The summed E-state index contributed by atoms with van der Waals surface area (Å²) in [5, 5.41) is 5.71. The molecule has 27 heavy (non-hydrogen) atoms. The van der Waals surface area contributed by atoms with E-state index in [-0.39, 0.29) is 11.3 Å². The largest absolute Gasteiger partial charge is 0.416 e. The third kappa shape index (κ3) is 5.81. The summed E-state index contributed by atoms with van der Waals surface area (Å²) >= 11 is 0. The fourth-order valence-electron chi connectivity index (χ4n) is 2.12. The summed E-state index contributed by atoms with van der Waals surface area (Å²) in [6.45, 7) is 1.60. The summed E-state index contributed by atoms with van der Waals surface area (Å²) in [7, 11) is -8.40. The Kier molecular flexibility index (Phi) is 5.68. The number of aryl methyl sites for hydroxylation is 1. The molecule has 0 aliphatic heterocycles. The number of alkyl halides is 3. The predicted octanol–water partition coefficient (Wildman–Crippen LogP) is 3.07. The van der Waals surface area contributed by atoms with E-state index in [9.17, 15) is 30.0 Å². The van der Waals surface area contributed by atoms with Gasteiger partial charge < -0.3 is 0 Å². The fraction of sp³-hybridized carbons (Fsp3) is 0.125. The quantitative estimate of drug-likeness (QED) is 0.775. The summed E-state index contributed by atoms with van der Waals surface area (Å²) in [5.74, 6) is 0. The Labute approximate surface area is 154 Å². The highest BCUT2D eigenvalue weighted by molar-refractivity contribution is 7.95. The highest BCUT2D eigenvalue weighted by Crippen LogP contribution is 2.30. The normalized spacial score (nSPS) is 13.1. The van der Waals surface area contributed by atoms with Crippen molar-refractivity contribution in [2.75, 3.05) is 4.72 Å². The maximum absolute atomic E-state index is 12.7. The van der Waals surface area contributed by atoms with Crippen molar-refractivity contribution in [1.82, 2.24) is 0 Å². The number of primary sulfonamides is 1. The zero-order chi connectivity index (χ0) is 20.5. The number of hydrogen-bond donors (Lipinski definition) is 2. The van der Waals surface area contributed by atoms with Crippen LogP contribution < -0.4 is 9.86 Å². The van der Waals surface area contributed by atoms with Crippen LogP contribution in [-0.2, 0) is 26.2 Å². The Morgan fingerprint density at radius 2 is 1.70 bits per heavy atom. The molecule has 0 saturated carbocycles. The molecule has 0 aliphatic rings. The standard InChI is InChI=1S/C16H15F3N2O4S2/c1-11-5-6-14(15(9-11)27(20,24)25)21-26(22,23)8-7-12-3-2-4-13(10-12)16(17,18)19/h2-10,21H,1H3,(H2,20,24,25). The zero-order valence-electron chi connectivity index (χ0n) is 13.9. The van der Waals surface area contributed by atoms with Crippen LogP contribution >= 0.6 is 0 Å². The first-order valence-corrected chi connectivity index (χ1v) is 10.4. The molecule has 0 fully saturated rings. The van der Waals surface area contributed by atoms with Gasteiger partial charge in [-0.25, -0.2) is 22.0 Å². The number of anilines is 1. The van der Waals surface area contributed by atoms with Crippen LogP contribution in [0.1, 0.15) is 16.7 Å². The highest BCUT2D eigenvalue weighted by atomic mass is 32.2. The number of rotatable bonds is 5. The molecular weight excluding hydrogens is 405 g/mol. The number of sulfonamides is 2. The monoisotopic (exact) mass is 420 g/mol. The van der Waals surface area contributed by atoms with E-state index in [4.69, 9.17) is 5.14 Å². The van der Waals surface area contributed by atoms with E-state index < -0.39 is 36.7 Å². The molecule has 0 spiro atoms. The summed E-state index contributed by atoms with van der Waals surface area (Å²) in [5.41, 5.74) is -0.644. The fourth-order valence-corrected chi connectivity index (χ4v) is 3.85. The number of hydrogen-bond acceptors (Lipinski definition) is 4. The highest BCUT2D eigenvalue weighted by Gasteiger charge is 2.30. The van der Waals surface area contributed by atoms with Crippen LogP contribution in [0.2, 0.25) is 0 Å². The Balaban J connectivity index is 2.33. The molecule has 2 aromatic carbocycles. The summed E-state index contributed by atoms with van der Waals surface area (Å²) in [6.07, 6.45) is -3.60. The first-order valence-electron chi connectivity index (χ1n) is 7.29. The van der Waals surface area contributed by atoms with Gasteiger partial charge in [0.15, 0.2) is 0 Å². The summed E-state index contributed by atoms with van der Waals surface area (Å²) in [6, 6.07) is 7.98. The first-order chi connectivity index (χ1) is 12.3. The molecule has 0 aromatic heterocycles. The van der Waals surface area contributed by atoms with Crippen molar-refractivity contribution in [3.8, 4) is 0 Å². The predicted molar refractivity (Wildman–Crippen MR) is 95.6 cm³/mol. The van der Waals surface area contributed by atoms with Crippen molar-refractivity contribution in [3.63, 3.8) is 0 Å². The average molecular weight is 420 g/mol. The molecule has 2 aromatic rings. The van der Waals surface area contributed by atoms with Crippen molar-refractivity contribution in [2.24, 2.45) is 5.14 Å². The molecule has 146 valence electrons. The van der Waals surface area contributed by atoms with Gasteiger partial charge in [-0.3, -0.25) is 4.72 Å². The Hall–Kier alpha value is -2.37. The number of benzene rings is 2. The van der Waals surface area contributed by atoms with E-state index in [0.29, 0.717) is 11.0 Å². The molecule has 0 bridgehead atoms. The maximum atomic E-state index is 12.7. The number of nitrogens with two attached hydrogens (primary N) is 1. The molecule has 0 radical (unpaired) electrons. The van der Waals surface area contributed by atoms with Gasteiger partial charge in [-0.05, 0) is 48.4 Å². The molecule has 2 rings (SSSR count). The van der Waals surface area contributed by atoms with E-state index >= 15 is 0 Å². The minimum atomic E-state index is -4.56. The zero-order valence-corrected chi connectivity index (χ0v) is 15.5. The van der Waals surface area contributed by atoms with Crippen molar-refractivity contribution < 1.29 is 30.0 Å². The topological polar surface area (TPSA) is 106 Å². The van der Waals surface area contributed by atoms with Gasteiger partial charge in [-0.1, -0.05) is 18.2 Å². The van der Waals surface area contributed by atoms with Gasteiger partial charge >= 0.3 is 6.18 Å². The molecule has 3 N–H and O–H groups in total. The lowest BCUT2D eigenvalue weighted by Gasteiger charge is -2.10. The molecule has 0 aliphatic carbocycles. The van der Waals surface area contributed by atoms with E-state index in [2.05, 4.69) is 0 Å². The molecule has 0 amide bonds. The van der Waals surface area contributed by atoms with E-state index in [1.54, 1.807) is 6.92 Å². The lowest BCUT2D eigenvalue weighted by atomic mass is 10.1. The number of halogens is 3. The van der Waals surface area contributed by atoms with Crippen LogP contribution in [0.15, 0.2) is 52.8 Å². The second-order valence-corrected chi connectivity index (χ2v) is 8.71. The minimum absolute atomic E-state index is 0.00535. The lowest BCUT2D eigenvalue weighted by molar-refractivity contribution is -0.137. The van der Waals surface area contributed by atoms with Gasteiger partial charge in [0.2, 0.25) is 10.0 Å². The van der Waals surface area contributed by atoms with Crippen LogP contribution in [0.4, 0.5) is 18.9 Å². The van der Waals surface area contributed by atoms with Crippen LogP contribution in [0.25, 0.3) is 6.08 Å². The van der Waals surface area contributed by atoms with Gasteiger partial charge in [0.05, 0.1) is 16.7 Å². The van der Waals surface area contributed by atoms with Crippen molar-refractivity contribution in [3.05, 3.63) is 64.6 Å². The van der Waals surface area contributed by atoms with Crippen molar-refractivity contribution in [1.29, 1.82) is 0 Å². The van der Waals surface area contributed by atoms with Gasteiger partial charge in [-0.2, -0.15) is 13.2 Å². The van der Waals surface area contributed by atoms with Crippen molar-refractivity contribution >= 4 is 31.8 Å². The average Bonchev–Trinajstić information content (AvgIpc) is 2.53. The molecule has 6 nitrogen and oxygen atoms in total. The second-order valence-electron chi connectivity index (χ2n) is 5.62. The molecule has 0 atom stereocenters. The van der Waals surface area contributed by atoms with Crippen molar-refractivity contribution in [2.45, 2.75) is 18.0 Å². The van der Waals surface area contributed by atoms with Crippen LogP contribution in [0.5, 0.6) is 0 Å². The third-order valence-corrected chi connectivity index (χ3v) is 5.30. The summed E-state index contributed by atoms with van der Waals surface area (Å²) < 4.78 is 87.7. The Morgan fingerprint density at radius 1 is 1.04 bits per heavy atom. The van der Waals surface area contributed by atoms with Crippen LogP contribution in [-0.4, -0.2) is 16.8 Å². The second kappa shape index (κ2) is 7.33. The van der Waals surface area contributed by atoms with Gasteiger partial charge in [0, 0.05) is 0 Å². The van der Waals surface area contributed by atoms with E-state index in [1.165, 1.54) is 24.3 Å². The van der Waals surface area contributed by atoms with E-state index in [1.807, 2.05) is 4.72 Å². The van der Waals surface area contributed by atoms with Crippen LogP contribution in [0.3, 0.4) is 0 Å². The first kappa shape index (κ1) is 20.9. The maximum Gasteiger partial charge on any atom is 0.416 e. The molecule has 0 heterocycles. The smallest absolute Gasteiger partial charge is 0.279 e. The SMILES string of the molecule is Cc1ccc(NS(=O)(=O)C=Cc2cccc(C(F)(F)F)c2)c(S(N)(=O)=O)c1. The minimum Gasteiger partial charge on any atom is -0.279 e. The van der Waals surface area contributed by atoms with Gasteiger partial charge in [0.25, 0.3) is 10.0 Å². The van der Waals surface area contributed by atoms with Gasteiger partial charge in [-0.15, -0.1) is 0 Å².